The number of fused-ring (bicyclic) bond motifs is 1. The average Bonchev–Trinajstić information content (AvgIpc) is 2.68. The van der Waals surface area contributed by atoms with E-state index in [1.165, 1.54) is 0 Å². The summed E-state index contributed by atoms with van der Waals surface area (Å²) in [5.74, 6) is 0.474. The van der Waals surface area contributed by atoms with Crippen molar-refractivity contribution < 1.29 is 14.3 Å². The third-order valence-electron chi connectivity index (χ3n) is 3.92. The van der Waals surface area contributed by atoms with E-state index in [1.54, 1.807) is 42.3 Å². The fourth-order valence-corrected chi connectivity index (χ4v) is 2.77. The number of nitrogens with zero attached hydrogens (tertiary/aromatic N) is 1. The van der Waals surface area contributed by atoms with Gasteiger partial charge >= 0.3 is 0 Å². The highest BCUT2D eigenvalue weighted by molar-refractivity contribution is 6.11. The summed E-state index contributed by atoms with van der Waals surface area (Å²) in [6.45, 7) is 1.88. The van der Waals surface area contributed by atoms with Crippen molar-refractivity contribution in [2.75, 3.05) is 17.3 Å². The lowest BCUT2D eigenvalue weighted by molar-refractivity contribution is -0.116. The maximum Gasteiger partial charge on any atom is 0.258 e. The lowest BCUT2D eigenvalue weighted by atomic mass is 10.1. The van der Waals surface area contributed by atoms with Crippen LogP contribution in [0.5, 0.6) is 5.75 Å². The zero-order chi connectivity index (χ0) is 16.4. The number of hydrogen-bond acceptors (Lipinski definition) is 3. The van der Waals surface area contributed by atoms with Gasteiger partial charge in [-0.1, -0.05) is 12.1 Å². The lowest BCUT2D eigenvalue weighted by Gasteiger charge is -2.28. The van der Waals surface area contributed by atoms with E-state index in [1.807, 2.05) is 25.1 Å². The second-order valence-electron chi connectivity index (χ2n) is 5.52. The smallest absolute Gasteiger partial charge is 0.258 e. The molecule has 0 fully saturated rings. The maximum atomic E-state index is 13.0. The van der Waals surface area contributed by atoms with Gasteiger partial charge < -0.3 is 15.0 Å². The summed E-state index contributed by atoms with van der Waals surface area (Å²) in [4.78, 5) is 26.6. The van der Waals surface area contributed by atoms with Gasteiger partial charge in [-0.05, 0) is 43.3 Å². The number of hydrogen-bond donors (Lipinski definition) is 1. The molecule has 118 valence electrons. The molecule has 0 spiro atoms. The summed E-state index contributed by atoms with van der Waals surface area (Å²) in [7, 11) is 1.58. The summed E-state index contributed by atoms with van der Waals surface area (Å²) in [6.07, 6.45) is 0.260. The molecule has 0 aliphatic carbocycles. The molecule has 2 aromatic rings. The van der Waals surface area contributed by atoms with E-state index in [2.05, 4.69) is 5.32 Å². The molecule has 5 heteroatoms. The molecule has 0 saturated heterocycles. The van der Waals surface area contributed by atoms with Gasteiger partial charge in [0, 0.05) is 18.0 Å². The highest BCUT2D eigenvalue weighted by atomic mass is 16.5. The first-order valence-electron chi connectivity index (χ1n) is 7.46. The van der Waals surface area contributed by atoms with Crippen LogP contribution < -0.4 is 15.0 Å². The molecule has 0 unspecified atom stereocenters. The number of carbonyl (C=O) groups is 2. The molecule has 1 aliphatic heterocycles. The Bertz CT molecular complexity index is 740. The van der Waals surface area contributed by atoms with Gasteiger partial charge in [0.25, 0.3) is 5.91 Å². The van der Waals surface area contributed by atoms with Crippen LogP contribution in [-0.2, 0) is 4.79 Å². The van der Waals surface area contributed by atoms with Crippen LogP contribution in [0.1, 0.15) is 23.7 Å². The van der Waals surface area contributed by atoms with Crippen LogP contribution in [0.3, 0.4) is 0 Å². The van der Waals surface area contributed by atoms with Crippen molar-refractivity contribution >= 4 is 23.2 Å². The number of amides is 2. The number of anilines is 2. The van der Waals surface area contributed by atoms with Gasteiger partial charge in [0.05, 0.1) is 18.5 Å². The minimum atomic E-state index is -0.228. The molecule has 2 amide bonds. The normalized spacial score (nSPS) is 17.0. The van der Waals surface area contributed by atoms with Gasteiger partial charge in [-0.2, -0.15) is 0 Å². The van der Waals surface area contributed by atoms with E-state index < -0.39 is 0 Å². The van der Waals surface area contributed by atoms with E-state index in [-0.39, 0.29) is 24.3 Å². The van der Waals surface area contributed by atoms with E-state index in [4.69, 9.17) is 4.74 Å². The first-order valence-corrected chi connectivity index (χ1v) is 7.46. The fourth-order valence-electron chi connectivity index (χ4n) is 2.77. The monoisotopic (exact) mass is 310 g/mol. The molecule has 1 N–H and O–H groups in total. The third kappa shape index (κ3) is 2.90. The SMILES string of the molecule is COc1ccc(C(=O)N2c3ccccc3NC(=O)C[C@H]2C)cc1. The van der Waals surface area contributed by atoms with Crippen LogP contribution in [0, 0.1) is 0 Å². The highest BCUT2D eigenvalue weighted by Crippen LogP contribution is 2.32. The first kappa shape index (κ1) is 15.1. The number of para-hydroxylation sites is 2. The molecule has 0 aromatic heterocycles. The summed E-state index contributed by atoms with van der Waals surface area (Å²) >= 11 is 0. The Morgan fingerprint density at radius 1 is 1.17 bits per heavy atom. The largest absolute Gasteiger partial charge is 0.497 e. The first-order chi connectivity index (χ1) is 11.1. The third-order valence-corrected chi connectivity index (χ3v) is 3.92. The van der Waals surface area contributed by atoms with E-state index in [0.29, 0.717) is 22.7 Å². The van der Waals surface area contributed by atoms with Crippen molar-refractivity contribution in [3.63, 3.8) is 0 Å². The zero-order valence-electron chi connectivity index (χ0n) is 13.1. The number of nitrogens with one attached hydrogen (secondary N) is 1. The number of methoxy groups -OCH3 is 1. The Balaban J connectivity index is 2.01. The second-order valence-corrected chi connectivity index (χ2v) is 5.52. The van der Waals surface area contributed by atoms with Gasteiger partial charge in [-0.3, -0.25) is 9.59 Å². The quantitative estimate of drug-likeness (QED) is 0.927. The van der Waals surface area contributed by atoms with Crippen LogP contribution in [0.25, 0.3) is 0 Å². The molecule has 0 bridgehead atoms. The Morgan fingerprint density at radius 3 is 2.57 bits per heavy atom. The second kappa shape index (κ2) is 6.12. The van der Waals surface area contributed by atoms with Crippen molar-refractivity contribution in [2.24, 2.45) is 0 Å². The Kier molecular flexibility index (Phi) is 4.02. The number of rotatable bonds is 2. The molecular weight excluding hydrogens is 292 g/mol. The molecular formula is C18H18N2O3. The molecule has 23 heavy (non-hydrogen) atoms. The fraction of sp³-hybridized carbons (Fsp3) is 0.222. The average molecular weight is 310 g/mol. The van der Waals surface area contributed by atoms with Gasteiger partial charge in [-0.25, -0.2) is 0 Å². The molecule has 1 heterocycles. The van der Waals surface area contributed by atoms with Crippen molar-refractivity contribution in [3.05, 3.63) is 54.1 Å². The minimum absolute atomic E-state index is 0.0880. The van der Waals surface area contributed by atoms with Crippen molar-refractivity contribution in [2.45, 2.75) is 19.4 Å². The number of carbonyl (C=O) groups excluding carboxylic acids is 2. The van der Waals surface area contributed by atoms with E-state index in [9.17, 15) is 9.59 Å². The van der Waals surface area contributed by atoms with Crippen LogP contribution >= 0.6 is 0 Å². The summed E-state index contributed by atoms with van der Waals surface area (Å²) in [5, 5.41) is 2.85. The van der Waals surface area contributed by atoms with Gasteiger partial charge in [0.1, 0.15) is 5.75 Å². The van der Waals surface area contributed by atoms with Crippen LogP contribution in [0.15, 0.2) is 48.5 Å². The summed E-state index contributed by atoms with van der Waals surface area (Å²) in [5.41, 5.74) is 1.93. The minimum Gasteiger partial charge on any atom is -0.497 e. The molecule has 3 rings (SSSR count). The van der Waals surface area contributed by atoms with Crippen LogP contribution in [0.4, 0.5) is 11.4 Å². The van der Waals surface area contributed by atoms with Crippen LogP contribution in [0.2, 0.25) is 0 Å². The van der Waals surface area contributed by atoms with Crippen molar-refractivity contribution in [1.82, 2.24) is 0 Å². The molecule has 5 nitrogen and oxygen atoms in total. The topological polar surface area (TPSA) is 58.6 Å². The summed E-state index contributed by atoms with van der Waals surface area (Å²) in [6, 6.07) is 14.1. The van der Waals surface area contributed by atoms with Crippen LogP contribution in [-0.4, -0.2) is 25.0 Å². The predicted octanol–water partition coefficient (Wildman–Crippen LogP) is 3.07. The molecule has 1 aliphatic rings. The standard InChI is InChI=1S/C18H18N2O3/c1-12-11-17(21)19-15-5-3-4-6-16(15)20(12)18(22)13-7-9-14(23-2)10-8-13/h3-10,12H,11H2,1-2H3,(H,19,21)/t12-/m1/s1. The summed E-state index contributed by atoms with van der Waals surface area (Å²) < 4.78 is 5.13. The number of benzene rings is 2. The maximum absolute atomic E-state index is 13.0. The van der Waals surface area contributed by atoms with Gasteiger partial charge in [-0.15, -0.1) is 0 Å². The van der Waals surface area contributed by atoms with Gasteiger partial charge in [0.2, 0.25) is 5.91 Å². The Morgan fingerprint density at radius 2 is 1.87 bits per heavy atom. The van der Waals surface area contributed by atoms with Crippen molar-refractivity contribution in [1.29, 1.82) is 0 Å². The number of ether oxygens (including phenoxy) is 1. The van der Waals surface area contributed by atoms with Gasteiger partial charge in [0.15, 0.2) is 0 Å². The molecule has 1 atom stereocenters. The van der Waals surface area contributed by atoms with Crippen molar-refractivity contribution in [3.8, 4) is 5.75 Å². The molecule has 0 radical (unpaired) electrons. The molecule has 0 saturated carbocycles. The predicted molar refractivity (Wildman–Crippen MR) is 89.0 cm³/mol. The Labute approximate surface area is 134 Å². The molecule has 2 aromatic carbocycles. The lowest BCUT2D eigenvalue weighted by Crippen LogP contribution is -2.39. The van der Waals surface area contributed by atoms with E-state index in [0.717, 1.165) is 0 Å². The highest BCUT2D eigenvalue weighted by Gasteiger charge is 2.30. The zero-order valence-corrected chi connectivity index (χ0v) is 13.1. The Hall–Kier alpha value is -2.82. The van der Waals surface area contributed by atoms with E-state index >= 15 is 0 Å².